The molecule has 3 aromatic rings. The van der Waals surface area contributed by atoms with E-state index >= 15 is 0 Å². The molecule has 3 nitrogen and oxygen atoms in total. The molecule has 3 unspecified atom stereocenters. The predicted octanol–water partition coefficient (Wildman–Crippen LogP) is 6.68. The highest BCUT2D eigenvalue weighted by atomic mass is 16.2. The molecule has 2 aliphatic heterocycles. The lowest BCUT2D eigenvalue weighted by Crippen LogP contribution is -2.35. The number of nitrogens with zero attached hydrogens (tertiary/aromatic N) is 1. The second-order valence-corrected chi connectivity index (χ2v) is 9.56. The number of rotatable bonds is 2. The molecule has 1 N–H and O–H groups in total. The van der Waals surface area contributed by atoms with Gasteiger partial charge >= 0.3 is 0 Å². The summed E-state index contributed by atoms with van der Waals surface area (Å²) in [7, 11) is 0. The van der Waals surface area contributed by atoms with Crippen molar-refractivity contribution in [2.45, 2.75) is 44.1 Å². The van der Waals surface area contributed by atoms with Crippen molar-refractivity contribution >= 4 is 22.4 Å². The van der Waals surface area contributed by atoms with E-state index in [1.807, 2.05) is 6.07 Å². The summed E-state index contributed by atoms with van der Waals surface area (Å²) in [6, 6.07) is 21.9. The Morgan fingerprint density at radius 2 is 1.69 bits per heavy atom. The van der Waals surface area contributed by atoms with Gasteiger partial charge in [-0.25, -0.2) is 0 Å². The van der Waals surface area contributed by atoms with E-state index in [9.17, 15) is 4.79 Å². The maximum absolute atomic E-state index is 13.6. The van der Waals surface area contributed by atoms with Crippen LogP contribution in [0.25, 0.3) is 10.8 Å². The van der Waals surface area contributed by atoms with Crippen LogP contribution in [0.5, 0.6) is 0 Å². The fraction of sp³-hybridized carbons (Fsp3) is 0.345. The van der Waals surface area contributed by atoms with Crippen LogP contribution in [0.2, 0.25) is 0 Å². The zero-order valence-electron chi connectivity index (χ0n) is 18.5. The van der Waals surface area contributed by atoms with Gasteiger partial charge in [0.05, 0.1) is 17.3 Å². The van der Waals surface area contributed by atoms with Crippen molar-refractivity contribution in [2.24, 2.45) is 5.92 Å². The summed E-state index contributed by atoms with van der Waals surface area (Å²) in [5.41, 5.74) is 4.48. The highest BCUT2D eigenvalue weighted by Gasteiger charge is 2.39. The second kappa shape index (κ2) is 8.12. The van der Waals surface area contributed by atoms with E-state index in [1.54, 1.807) is 0 Å². The van der Waals surface area contributed by atoms with E-state index in [2.05, 4.69) is 77.0 Å². The number of nitrogens with one attached hydrogen (secondary N) is 1. The van der Waals surface area contributed by atoms with E-state index in [1.165, 1.54) is 34.7 Å². The maximum atomic E-state index is 13.6. The average Bonchev–Trinajstić information content (AvgIpc) is 3.18. The lowest BCUT2D eigenvalue weighted by Gasteiger charge is -2.39. The van der Waals surface area contributed by atoms with Crippen molar-refractivity contribution in [3.8, 4) is 0 Å². The molecule has 1 amide bonds. The third kappa shape index (κ3) is 3.31. The van der Waals surface area contributed by atoms with Gasteiger partial charge in [-0.15, -0.1) is 0 Å². The largest absolute Gasteiger partial charge is 0.377 e. The van der Waals surface area contributed by atoms with Crippen LogP contribution < -0.4 is 5.32 Å². The molecule has 3 aliphatic rings. The van der Waals surface area contributed by atoms with Crippen LogP contribution >= 0.6 is 0 Å². The van der Waals surface area contributed by atoms with Crippen LogP contribution in [0.15, 0.2) is 72.8 Å². The first kappa shape index (κ1) is 19.6. The number of hydrogen-bond donors (Lipinski definition) is 1. The van der Waals surface area contributed by atoms with Gasteiger partial charge in [0.25, 0.3) is 5.91 Å². The summed E-state index contributed by atoms with van der Waals surface area (Å²) in [4.78, 5) is 15.7. The number of para-hydroxylation sites is 1. The Kier molecular flexibility index (Phi) is 4.98. The van der Waals surface area contributed by atoms with Crippen LogP contribution in [0.3, 0.4) is 0 Å². The van der Waals surface area contributed by atoms with Crippen LogP contribution in [-0.2, 0) is 0 Å². The third-order valence-electron chi connectivity index (χ3n) is 7.65. The minimum absolute atomic E-state index is 0.189. The van der Waals surface area contributed by atoms with Gasteiger partial charge in [-0.1, -0.05) is 73.5 Å². The number of amides is 1. The topological polar surface area (TPSA) is 32.3 Å². The molecule has 6 rings (SSSR count). The summed E-state index contributed by atoms with van der Waals surface area (Å²) < 4.78 is 0. The number of benzene rings is 3. The van der Waals surface area contributed by atoms with Gasteiger partial charge in [0.2, 0.25) is 0 Å². The number of carbonyl (C=O) groups excluding carboxylic acids is 1. The number of hydrogen-bond acceptors (Lipinski definition) is 2. The smallest absolute Gasteiger partial charge is 0.255 e. The number of likely N-dealkylation sites (tertiary alicyclic amines) is 1. The number of anilines is 1. The zero-order chi connectivity index (χ0) is 21.5. The molecule has 0 aromatic heterocycles. The first-order valence-electron chi connectivity index (χ1n) is 12.1. The molecule has 0 spiro atoms. The van der Waals surface area contributed by atoms with Crippen molar-refractivity contribution in [1.82, 2.24) is 4.90 Å². The second-order valence-electron chi connectivity index (χ2n) is 9.56. The molecule has 3 aromatic carbocycles. The van der Waals surface area contributed by atoms with Gasteiger partial charge in [-0.3, -0.25) is 4.79 Å². The Balaban J connectivity index is 1.41. The Morgan fingerprint density at radius 3 is 2.53 bits per heavy atom. The Labute approximate surface area is 190 Å². The van der Waals surface area contributed by atoms with Crippen molar-refractivity contribution in [1.29, 1.82) is 0 Å². The normalized spacial score (nSPS) is 24.5. The fourth-order valence-electron chi connectivity index (χ4n) is 5.98. The summed E-state index contributed by atoms with van der Waals surface area (Å²) in [5.74, 6) is 1.03. The van der Waals surface area contributed by atoms with Gasteiger partial charge in [0.1, 0.15) is 0 Å². The summed E-state index contributed by atoms with van der Waals surface area (Å²) in [5, 5.41) is 6.41. The lowest BCUT2D eigenvalue weighted by molar-refractivity contribution is 0.0762. The molecule has 1 aliphatic carbocycles. The summed E-state index contributed by atoms with van der Waals surface area (Å²) >= 11 is 0. The molecule has 0 bridgehead atoms. The van der Waals surface area contributed by atoms with Crippen LogP contribution in [0.1, 0.15) is 65.5 Å². The zero-order valence-corrected chi connectivity index (χ0v) is 18.5. The van der Waals surface area contributed by atoms with E-state index in [0.717, 1.165) is 43.6 Å². The van der Waals surface area contributed by atoms with Gasteiger partial charge in [-0.2, -0.15) is 0 Å². The Morgan fingerprint density at radius 1 is 0.875 bits per heavy atom. The summed E-state index contributed by atoms with van der Waals surface area (Å²) in [6.45, 7) is 1.76. The molecule has 32 heavy (non-hydrogen) atoms. The van der Waals surface area contributed by atoms with Crippen LogP contribution in [-0.4, -0.2) is 23.9 Å². The Bertz CT molecular complexity index is 1190. The molecular weight excluding hydrogens is 392 g/mol. The van der Waals surface area contributed by atoms with Gasteiger partial charge in [0, 0.05) is 19.0 Å². The average molecular weight is 423 g/mol. The van der Waals surface area contributed by atoms with Crippen molar-refractivity contribution < 1.29 is 4.79 Å². The van der Waals surface area contributed by atoms with Crippen molar-refractivity contribution in [3.05, 3.63) is 89.5 Å². The standard InChI is InChI=1S/C29H30N2O/c32-29(31-17-5-1-2-6-18-31)26-14-8-13-25-23-11-7-12-24(23)27(30-28(25)26)22-16-15-20-9-3-4-10-21(20)19-22/h3-4,7-11,13-16,19,23-24,27,30H,1-2,5-6,12,17-18H2. The lowest BCUT2D eigenvalue weighted by atomic mass is 9.76. The summed E-state index contributed by atoms with van der Waals surface area (Å²) in [6.07, 6.45) is 10.4. The maximum Gasteiger partial charge on any atom is 0.255 e. The number of fused-ring (bicyclic) bond motifs is 4. The minimum Gasteiger partial charge on any atom is -0.377 e. The monoisotopic (exact) mass is 422 g/mol. The van der Waals surface area contributed by atoms with Gasteiger partial charge in [0.15, 0.2) is 0 Å². The van der Waals surface area contributed by atoms with Crippen LogP contribution in [0, 0.1) is 5.92 Å². The first-order chi connectivity index (χ1) is 15.8. The molecular formula is C29H30N2O. The van der Waals surface area contributed by atoms with Crippen LogP contribution in [0.4, 0.5) is 5.69 Å². The fourth-order valence-corrected chi connectivity index (χ4v) is 5.98. The van der Waals surface area contributed by atoms with E-state index < -0.39 is 0 Å². The SMILES string of the molecule is O=C(c1cccc2c1NC(c1ccc3ccccc3c1)C1CC=CC21)N1CCCCCC1. The van der Waals surface area contributed by atoms with E-state index in [0.29, 0.717) is 11.8 Å². The third-order valence-corrected chi connectivity index (χ3v) is 7.65. The van der Waals surface area contributed by atoms with Gasteiger partial charge < -0.3 is 10.2 Å². The highest BCUT2D eigenvalue weighted by molar-refractivity contribution is 6.01. The molecule has 2 heterocycles. The predicted molar refractivity (Wildman–Crippen MR) is 131 cm³/mol. The molecule has 1 saturated heterocycles. The Hall–Kier alpha value is -3.07. The minimum atomic E-state index is 0.189. The first-order valence-corrected chi connectivity index (χ1v) is 12.1. The molecule has 1 fully saturated rings. The molecule has 3 atom stereocenters. The number of carbonyl (C=O) groups is 1. The van der Waals surface area contributed by atoms with E-state index in [4.69, 9.17) is 0 Å². The van der Waals surface area contributed by atoms with Crippen molar-refractivity contribution in [3.63, 3.8) is 0 Å². The molecule has 0 saturated carbocycles. The molecule has 0 radical (unpaired) electrons. The quantitative estimate of drug-likeness (QED) is 0.467. The van der Waals surface area contributed by atoms with E-state index in [-0.39, 0.29) is 11.9 Å². The molecule has 3 heteroatoms. The number of allylic oxidation sites excluding steroid dienone is 2. The van der Waals surface area contributed by atoms with Gasteiger partial charge in [-0.05, 0) is 59.2 Å². The highest BCUT2D eigenvalue weighted by Crippen LogP contribution is 2.51. The molecule has 162 valence electrons. The van der Waals surface area contributed by atoms with Crippen molar-refractivity contribution in [2.75, 3.05) is 18.4 Å².